The largest absolute Gasteiger partial charge is 0.493 e. The van der Waals surface area contributed by atoms with E-state index < -0.39 is 0 Å². The van der Waals surface area contributed by atoms with Crippen molar-refractivity contribution < 1.29 is 14.2 Å². The van der Waals surface area contributed by atoms with Gasteiger partial charge in [-0.1, -0.05) is 12.1 Å². The Morgan fingerprint density at radius 2 is 1.91 bits per heavy atom. The summed E-state index contributed by atoms with van der Waals surface area (Å²) < 4.78 is 16.8. The van der Waals surface area contributed by atoms with Crippen molar-refractivity contribution in [3.05, 3.63) is 53.2 Å². The summed E-state index contributed by atoms with van der Waals surface area (Å²) in [5.41, 5.74) is 3.36. The first-order valence-corrected chi connectivity index (χ1v) is 10.9. The molecule has 0 unspecified atom stereocenters. The number of hydrogen-bond donors (Lipinski definition) is 2. The van der Waals surface area contributed by atoms with Crippen LogP contribution in [0.15, 0.2) is 41.5 Å². The normalized spacial score (nSPS) is 13.3. The molecule has 0 amide bonds. The van der Waals surface area contributed by atoms with Crippen molar-refractivity contribution in [2.24, 2.45) is 10.9 Å². The Bertz CT molecular complexity index is 859. The zero-order chi connectivity index (χ0) is 21.9. The van der Waals surface area contributed by atoms with Gasteiger partial charge in [0.2, 0.25) is 5.88 Å². The van der Waals surface area contributed by atoms with Crippen LogP contribution >= 0.6 is 24.0 Å². The number of pyridine rings is 1. The molecule has 0 bridgehead atoms. The fourth-order valence-electron chi connectivity index (χ4n) is 3.04. The summed E-state index contributed by atoms with van der Waals surface area (Å²) in [6.07, 6.45) is 5.18. The Kier molecular flexibility index (Phi) is 11.6. The van der Waals surface area contributed by atoms with Gasteiger partial charge in [0.15, 0.2) is 5.96 Å². The van der Waals surface area contributed by atoms with Crippen LogP contribution in [0.2, 0.25) is 0 Å². The fourth-order valence-corrected chi connectivity index (χ4v) is 3.04. The van der Waals surface area contributed by atoms with Crippen LogP contribution in [0.1, 0.15) is 36.0 Å². The molecule has 3 rings (SSSR count). The highest BCUT2D eigenvalue weighted by Gasteiger charge is 2.22. The molecule has 1 saturated carbocycles. The molecule has 1 aromatic carbocycles. The summed E-state index contributed by atoms with van der Waals surface area (Å²) in [7, 11) is 3.47. The summed E-state index contributed by atoms with van der Waals surface area (Å²) in [5.74, 6) is 3.01. The summed E-state index contributed by atoms with van der Waals surface area (Å²) in [4.78, 5) is 8.63. The van der Waals surface area contributed by atoms with Gasteiger partial charge in [0.25, 0.3) is 0 Å². The maximum Gasteiger partial charge on any atom is 0.213 e. The number of guanidine groups is 1. The maximum absolute atomic E-state index is 5.97. The van der Waals surface area contributed by atoms with Crippen LogP contribution in [0.5, 0.6) is 11.6 Å². The third-order valence-electron chi connectivity index (χ3n) is 5.07. The zero-order valence-corrected chi connectivity index (χ0v) is 21.6. The van der Waals surface area contributed by atoms with Gasteiger partial charge in [-0.15, -0.1) is 24.0 Å². The van der Waals surface area contributed by atoms with E-state index in [0.29, 0.717) is 38.1 Å². The van der Waals surface area contributed by atoms with E-state index in [0.717, 1.165) is 35.9 Å². The average molecular weight is 554 g/mol. The second-order valence-electron chi connectivity index (χ2n) is 7.84. The number of benzene rings is 1. The Morgan fingerprint density at radius 1 is 1.09 bits per heavy atom. The minimum Gasteiger partial charge on any atom is -0.493 e. The third-order valence-corrected chi connectivity index (χ3v) is 5.07. The van der Waals surface area contributed by atoms with E-state index >= 15 is 0 Å². The highest BCUT2D eigenvalue weighted by atomic mass is 127. The molecule has 1 fully saturated rings. The van der Waals surface area contributed by atoms with Crippen LogP contribution < -0.4 is 20.1 Å². The lowest BCUT2D eigenvalue weighted by Crippen LogP contribution is -2.36. The molecule has 0 spiro atoms. The molecule has 2 aromatic rings. The molecule has 8 heteroatoms. The van der Waals surface area contributed by atoms with Crippen molar-refractivity contribution in [3.8, 4) is 11.6 Å². The second-order valence-corrected chi connectivity index (χ2v) is 7.84. The lowest BCUT2D eigenvalue weighted by Gasteiger charge is -2.16. The van der Waals surface area contributed by atoms with Gasteiger partial charge in [-0.3, -0.25) is 4.99 Å². The molecular formula is C24H35IN4O3. The lowest BCUT2D eigenvalue weighted by molar-refractivity contribution is 0.171. The molecular weight excluding hydrogens is 519 g/mol. The number of hydrogen-bond acceptors (Lipinski definition) is 5. The molecule has 0 radical (unpaired) electrons. The first kappa shape index (κ1) is 26.2. The number of rotatable bonds is 12. The first-order valence-electron chi connectivity index (χ1n) is 10.9. The van der Waals surface area contributed by atoms with Crippen molar-refractivity contribution in [3.63, 3.8) is 0 Å². The van der Waals surface area contributed by atoms with Crippen LogP contribution in [-0.2, 0) is 17.8 Å². The monoisotopic (exact) mass is 554 g/mol. The molecule has 1 heterocycles. The van der Waals surface area contributed by atoms with Crippen LogP contribution in [0.3, 0.4) is 0 Å². The van der Waals surface area contributed by atoms with E-state index in [1.165, 1.54) is 18.4 Å². The van der Waals surface area contributed by atoms with E-state index in [9.17, 15) is 0 Å². The van der Waals surface area contributed by atoms with Crippen LogP contribution in [0, 0.1) is 12.8 Å². The Balaban J connectivity index is 0.00000363. The van der Waals surface area contributed by atoms with Crippen LogP contribution in [-0.4, -0.2) is 44.9 Å². The second kappa shape index (κ2) is 14.2. The first-order chi connectivity index (χ1) is 15.2. The lowest BCUT2D eigenvalue weighted by atomic mass is 10.1. The van der Waals surface area contributed by atoms with Gasteiger partial charge < -0.3 is 24.8 Å². The quantitative estimate of drug-likeness (QED) is 0.178. The van der Waals surface area contributed by atoms with Crippen molar-refractivity contribution in [1.82, 2.24) is 15.6 Å². The summed E-state index contributed by atoms with van der Waals surface area (Å²) in [5, 5.41) is 6.72. The highest BCUT2D eigenvalue weighted by Crippen LogP contribution is 2.29. The van der Waals surface area contributed by atoms with Gasteiger partial charge in [-0.2, -0.15) is 0 Å². The van der Waals surface area contributed by atoms with Gasteiger partial charge in [0.05, 0.1) is 13.2 Å². The Hall–Kier alpha value is -2.07. The molecule has 1 aliphatic rings. The topological polar surface area (TPSA) is 77.0 Å². The molecule has 7 nitrogen and oxygen atoms in total. The SMILES string of the molecule is CN=C(NCc1ccnc(OCC2CC2)c1)NCc1ccc(C)cc1OCCCOC.I. The van der Waals surface area contributed by atoms with Gasteiger partial charge in [0.1, 0.15) is 5.75 Å². The van der Waals surface area contributed by atoms with Gasteiger partial charge >= 0.3 is 0 Å². The van der Waals surface area contributed by atoms with Crippen molar-refractivity contribution in [2.75, 3.05) is 34.0 Å². The van der Waals surface area contributed by atoms with E-state index in [2.05, 4.69) is 45.7 Å². The number of aryl methyl sites for hydroxylation is 1. The molecule has 176 valence electrons. The number of ether oxygens (including phenoxy) is 3. The Labute approximate surface area is 208 Å². The van der Waals surface area contributed by atoms with E-state index in [4.69, 9.17) is 14.2 Å². The summed E-state index contributed by atoms with van der Waals surface area (Å²) in [6.45, 7) is 5.40. The van der Waals surface area contributed by atoms with E-state index in [1.807, 2.05) is 12.1 Å². The van der Waals surface area contributed by atoms with E-state index in [1.54, 1.807) is 20.4 Å². The molecule has 32 heavy (non-hydrogen) atoms. The maximum atomic E-state index is 5.97. The van der Waals surface area contributed by atoms with Gasteiger partial charge in [-0.25, -0.2) is 4.98 Å². The average Bonchev–Trinajstić information content (AvgIpc) is 3.61. The van der Waals surface area contributed by atoms with Gasteiger partial charge in [-0.05, 0) is 48.9 Å². The van der Waals surface area contributed by atoms with E-state index in [-0.39, 0.29) is 24.0 Å². The smallest absolute Gasteiger partial charge is 0.213 e. The predicted molar refractivity (Wildman–Crippen MR) is 138 cm³/mol. The standard InChI is InChI=1S/C24H34N4O3.HI/c1-18-5-8-21(22(13-18)30-12-4-11-29-3)16-28-24(25-2)27-15-20-9-10-26-23(14-20)31-17-19-6-7-19;/h5,8-10,13-14,19H,4,6-7,11-12,15-17H2,1-3H3,(H2,25,27,28);1H. The molecule has 0 aliphatic heterocycles. The zero-order valence-electron chi connectivity index (χ0n) is 19.2. The summed E-state index contributed by atoms with van der Waals surface area (Å²) in [6, 6.07) is 10.2. The molecule has 2 N–H and O–H groups in total. The minimum atomic E-state index is 0. The highest BCUT2D eigenvalue weighted by molar-refractivity contribution is 14.0. The number of halogens is 1. The fraction of sp³-hybridized carbons (Fsp3) is 0.500. The number of methoxy groups -OCH3 is 1. The van der Waals surface area contributed by atoms with Crippen molar-refractivity contribution in [2.45, 2.75) is 39.3 Å². The number of aliphatic imine (C=N–C) groups is 1. The minimum absolute atomic E-state index is 0. The predicted octanol–water partition coefficient (Wildman–Crippen LogP) is 4.08. The Morgan fingerprint density at radius 3 is 2.66 bits per heavy atom. The van der Waals surface area contributed by atoms with Gasteiger partial charge in [0, 0.05) is 58.1 Å². The molecule has 1 aromatic heterocycles. The van der Waals surface area contributed by atoms with Crippen molar-refractivity contribution in [1.29, 1.82) is 0 Å². The molecule has 0 atom stereocenters. The number of nitrogens with one attached hydrogen (secondary N) is 2. The van der Waals surface area contributed by atoms with Crippen molar-refractivity contribution >= 4 is 29.9 Å². The summed E-state index contributed by atoms with van der Waals surface area (Å²) >= 11 is 0. The molecule has 1 aliphatic carbocycles. The number of aromatic nitrogens is 1. The molecule has 0 saturated heterocycles. The third kappa shape index (κ3) is 9.20. The van der Waals surface area contributed by atoms with Crippen LogP contribution in [0.4, 0.5) is 0 Å². The van der Waals surface area contributed by atoms with Crippen LogP contribution in [0.25, 0.3) is 0 Å². The number of nitrogens with zero attached hydrogens (tertiary/aromatic N) is 2.